The Labute approximate surface area is 110 Å². The van der Waals surface area contributed by atoms with E-state index in [0.29, 0.717) is 5.92 Å². The Morgan fingerprint density at radius 2 is 1.72 bits per heavy atom. The van der Waals surface area contributed by atoms with Gasteiger partial charge in [0.25, 0.3) is 0 Å². The minimum atomic E-state index is -4.64. The normalized spacial score (nSPS) is 15.2. The van der Waals surface area contributed by atoms with Crippen molar-refractivity contribution in [3.63, 3.8) is 0 Å². The van der Waals surface area contributed by atoms with Gasteiger partial charge >= 0.3 is 6.36 Å². The van der Waals surface area contributed by atoms with Crippen LogP contribution in [0.15, 0.2) is 24.3 Å². The Balaban J connectivity index is 2.55. The van der Waals surface area contributed by atoms with Gasteiger partial charge in [-0.3, -0.25) is 0 Å². The van der Waals surface area contributed by atoms with Gasteiger partial charge in [-0.05, 0) is 43.4 Å². The van der Waals surface area contributed by atoms with Crippen molar-refractivity contribution in [3.05, 3.63) is 29.8 Å². The molecule has 0 N–H and O–H groups in total. The summed E-state index contributed by atoms with van der Waals surface area (Å²) in [6.07, 6.45) is -2.96. The first-order chi connectivity index (χ1) is 8.26. The molecule has 1 aromatic carbocycles. The number of benzene rings is 1. The van der Waals surface area contributed by atoms with Gasteiger partial charge in [-0.1, -0.05) is 19.1 Å². The molecule has 5 heteroatoms. The Morgan fingerprint density at radius 1 is 1.17 bits per heavy atom. The fourth-order valence-corrected chi connectivity index (χ4v) is 2.17. The van der Waals surface area contributed by atoms with Crippen LogP contribution in [0.3, 0.4) is 0 Å². The molecule has 0 spiro atoms. The highest BCUT2D eigenvalue weighted by molar-refractivity contribution is 6.20. The number of alkyl halides is 4. The van der Waals surface area contributed by atoms with E-state index in [1.807, 2.05) is 6.92 Å². The van der Waals surface area contributed by atoms with Crippen molar-refractivity contribution in [1.82, 2.24) is 0 Å². The molecule has 1 aromatic rings. The first-order valence-electron chi connectivity index (χ1n) is 5.75. The second kappa shape index (κ2) is 6.32. The highest BCUT2D eigenvalue weighted by Gasteiger charge is 2.30. The summed E-state index contributed by atoms with van der Waals surface area (Å²) >= 11 is 5.89. The summed E-state index contributed by atoms with van der Waals surface area (Å²) in [6.45, 7) is 4.00. The van der Waals surface area contributed by atoms with Crippen molar-refractivity contribution in [3.8, 4) is 5.75 Å². The molecule has 0 saturated heterocycles. The molecule has 0 radical (unpaired) electrons. The quantitative estimate of drug-likeness (QED) is 0.705. The maximum Gasteiger partial charge on any atom is 0.573 e. The highest BCUT2D eigenvalue weighted by Crippen LogP contribution is 2.24. The van der Waals surface area contributed by atoms with Gasteiger partial charge in [-0.15, -0.1) is 24.8 Å². The predicted molar refractivity (Wildman–Crippen MR) is 65.9 cm³/mol. The minimum absolute atomic E-state index is 0.104. The average Bonchev–Trinajstić information content (AvgIpc) is 2.17. The summed E-state index contributed by atoms with van der Waals surface area (Å²) in [5, 5.41) is 0.104. The second-order valence-electron chi connectivity index (χ2n) is 4.52. The molecule has 18 heavy (non-hydrogen) atoms. The van der Waals surface area contributed by atoms with Gasteiger partial charge in [0.1, 0.15) is 5.75 Å². The van der Waals surface area contributed by atoms with Crippen LogP contribution in [-0.4, -0.2) is 11.7 Å². The molecule has 1 nitrogen and oxygen atoms in total. The summed E-state index contributed by atoms with van der Waals surface area (Å²) < 4.78 is 39.7. The average molecular weight is 281 g/mol. The van der Waals surface area contributed by atoms with Gasteiger partial charge in [-0.25, -0.2) is 0 Å². The van der Waals surface area contributed by atoms with Crippen LogP contribution < -0.4 is 4.74 Å². The summed E-state index contributed by atoms with van der Waals surface area (Å²) in [7, 11) is 0. The van der Waals surface area contributed by atoms with E-state index in [-0.39, 0.29) is 11.1 Å². The van der Waals surface area contributed by atoms with Crippen molar-refractivity contribution in [1.29, 1.82) is 0 Å². The molecule has 0 amide bonds. The molecule has 0 fully saturated rings. The minimum Gasteiger partial charge on any atom is -0.406 e. The van der Waals surface area contributed by atoms with Crippen molar-refractivity contribution in [2.75, 3.05) is 0 Å². The van der Waals surface area contributed by atoms with Crippen LogP contribution in [0.1, 0.15) is 25.8 Å². The lowest BCUT2D eigenvalue weighted by atomic mass is 9.97. The Morgan fingerprint density at radius 3 is 2.17 bits per heavy atom. The van der Waals surface area contributed by atoms with E-state index >= 15 is 0 Å². The third-order valence-electron chi connectivity index (χ3n) is 2.47. The van der Waals surface area contributed by atoms with Gasteiger partial charge in [0, 0.05) is 5.38 Å². The molecular formula is C13H16ClF3O. The van der Waals surface area contributed by atoms with E-state index in [1.165, 1.54) is 12.1 Å². The zero-order valence-corrected chi connectivity index (χ0v) is 11.1. The SMILES string of the molecule is CC(Cl)CC(C)Cc1ccc(OC(F)(F)F)cc1. The van der Waals surface area contributed by atoms with Crippen molar-refractivity contribution >= 4 is 11.6 Å². The third-order valence-corrected chi connectivity index (χ3v) is 2.65. The van der Waals surface area contributed by atoms with E-state index in [9.17, 15) is 13.2 Å². The smallest absolute Gasteiger partial charge is 0.406 e. The molecule has 0 saturated carbocycles. The number of ether oxygens (including phenoxy) is 1. The van der Waals surface area contributed by atoms with Crippen LogP contribution >= 0.6 is 11.6 Å². The first kappa shape index (κ1) is 15.2. The van der Waals surface area contributed by atoms with Crippen LogP contribution in [0, 0.1) is 5.92 Å². The summed E-state index contributed by atoms with van der Waals surface area (Å²) in [4.78, 5) is 0. The Kier molecular flexibility index (Phi) is 5.32. The fraction of sp³-hybridized carbons (Fsp3) is 0.538. The van der Waals surface area contributed by atoms with Crippen LogP contribution in [0.4, 0.5) is 13.2 Å². The maximum absolute atomic E-state index is 12.0. The standard InChI is InChI=1S/C13H16ClF3O/c1-9(7-10(2)14)8-11-3-5-12(6-4-11)18-13(15,16)17/h3-6,9-10H,7-8H2,1-2H3. The number of hydrogen-bond acceptors (Lipinski definition) is 1. The zero-order valence-electron chi connectivity index (χ0n) is 10.3. The molecule has 2 atom stereocenters. The topological polar surface area (TPSA) is 9.23 Å². The van der Waals surface area contributed by atoms with E-state index in [2.05, 4.69) is 11.7 Å². The Hall–Kier alpha value is -0.900. The van der Waals surface area contributed by atoms with E-state index in [4.69, 9.17) is 11.6 Å². The monoisotopic (exact) mass is 280 g/mol. The van der Waals surface area contributed by atoms with Gasteiger partial charge in [0.15, 0.2) is 0 Å². The fourth-order valence-electron chi connectivity index (χ4n) is 1.87. The van der Waals surface area contributed by atoms with Crippen molar-refractivity contribution in [2.24, 2.45) is 5.92 Å². The first-order valence-corrected chi connectivity index (χ1v) is 6.18. The summed E-state index contributed by atoms with van der Waals surface area (Å²) in [5.74, 6) is 0.205. The van der Waals surface area contributed by atoms with Crippen molar-refractivity contribution in [2.45, 2.75) is 38.4 Å². The van der Waals surface area contributed by atoms with Crippen LogP contribution in [0.2, 0.25) is 0 Å². The summed E-state index contributed by atoms with van der Waals surface area (Å²) in [5.41, 5.74) is 0.981. The number of hydrogen-bond donors (Lipinski definition) is 0. The molecule has 2 unspecified atom stereocenters. The molecule has 102 valence electrons. The lowest BCUT2D eigenvalue weighted by molar-refractivity contribution is -0.274. The second-order valence-corrected chi connectivity index (χ2v) is 5.26. The van der Waals surface area contributed by atoms with Gasteiger partial charge < -0.3 is 4.74 Å². The number of rotatable bonds is 5. The highest BCUT2D eigenvalue weighted by atomic mass is 35.5. The molecule has 0 aliphatic carbocycles. The largest absolute Gasteiger partial charge is 0.573 e. The molecule has 0 aromatic heterocycles. The lowest BCUT2D eigenvalue weighted by Crippen LogP contribution is -2.17. The van der Waals surface area contributed by atoms with Gasteiger partial charge in [-0.2, -0.15) is 0 Å². The van der Waals surface area contributed by atoms with E-state index in [0.717, 1.165) is 18.4 Å². The van der Waals surface area contributed by atoms with Crippen LogP contribution in [0.25, 0.3) is 0 Å². The molecule has 0 aliphatic rings. The van der Waals surface area contributed by atoms with Gasteiger partial charge in [0.2, 0.25) is 0 Å². The summed E-state index contributed by atoms with van der Waals surface area (Å²) in [6, 6.07) is 5.96. The maximum atomic E-state index is 12.0. The number of halogens is 4. The molecular weight excluding hydrogens is 265 g/mol. The zero-order chi connectivity index (χ0) is 13.8. The van der Waals surface area contributed by atoms with E-state index < -0.39 is 6.36 Å². The molecule has 1 rings (SSSR count). The van der Waals surface area contributed by atoms with Crippen LogP contribution in [-0.2, 0) is 6.42 Å². The van der Waals surface area contributed by atoms with Crippen molar-refractivity contribution < 1.29 is 17.9 Å². The molecule has 0 bridgehead atoms. The molecule has 0 heterocycles. The third kappa shape index (κ3) is 6.15. The van der Waals surface area contributed by atoms with E-state index in [1.54, 1.807) is 12.1 Å². The van der Waals surface area contributed by atoms with Crippen LogP contribution in [0.5, 0.6) is 5.75 Å². The van der Waals surface area contributed by atoms with Gasteiger partial charge in [0.05, 0.1) is 0 Å². The Bertz CT molecular complexity index is 359. The lowest BCUT2D eigenvalue weighted by Gasteiger charge is -2.13. The molecule has 0 aliphatic heterocycles. The predicted octanol–water partition coefficient (Wildman–Crippen LogP) is 4.78.